The minimum absolute atomic E-state index is 0. The monoisotopic (exact) mass is 533 g/mol. The summed E-state index contributed by atoms with van der Waals surface area (Å²) in [7, 11) is 0. The second-order valence-corrected chi connectivity index (χ2v) is 6.04. The Kier molecular flexibility index (Phi) is 14.9. The van der Waals surface area contributed by atoms with Crippen molar-refractivity contribution in [3.05, 3.63) is 29.8 Å². The molecular weight excluding hydrogens is 502 g/mol. The first-order valence-electron chi connectivity index (χ1n) is 9.44. The number of aliphatic imine (C=N–C) groups is 1. The van der Waals surface area contributed by atoms with Gasteiger partial charge < -0.3 is 25.2 Å². The van der Waals surface area contributed by atoms with Gasteiger partial charge in [0.1, 0.15) is 18.5 Å². The molecule has 0 fully saturated rings. The van der Waals surface area contributed by atoms with Gasteiger partial charge in [-0.05, 0) is 51.0 Å². The van der Waals surface area contributed by atoms with E-state index in [2.05, 4.69) is 15.6 Å². The molecule has 0 saturated heterocycles. The molecule has 0 amide bonds. The fourth-order valence-electron chi connectivity index (χ4n) is 2.20. The van der Waals surface area contributed by atoms with Crippen molar-refractivity contribution >= 4 is 29.9 Å². The van der Waals surface area contributed by atoms with E-state index in [4.69, 9.17) is 9.47 Å². The average Bonchev–Trinajstić information content (AvgIpc) is 2.66. The lowest BCUT2D eigenvalue weighted by Gasteiger charge is -2.14. The van der Waals surface area contributed by atoms with Crippen LogP contribution in [-0.2, 0) is 10.9 Å². The highest BCUT2D eigenvalue weighted by molar-refractivity contribution is 14.0. The van der Waals surface area contributed by atoms with Gasteiger partial charge in [0.2, 0.25) is 0 Å². The van der Waals surface area contributed by atoms with Crippen molar-refractivity contribution in [2.24, 2.45) is 4.99 Å². The summed E-state index contributed by atoms with van der Waals surface area (Å²) in [6.45, 7) is 6.80. The van der Waals surface area contributed by atoms with Gasteiger partial charge in [-0.2, -0.15) is 13.2 Å². The van der Waals surface area contributed by atoms with E-state index in [0.717, 1.165) is 38.1 Å². The van der Waals surface area contributed by atoms with Crippen molar-refractivity contribution in [2.45, 2.75) is 39.0 Å². The maximum Gasteiger partial charge on any atom is 0.416 e. The number of rotatable bonds is 12. The van der Waals surface area contributed by atoms with E-state index in [1.165, 1.54) is 12.1 Å². The lowest BCUT2D eigenvalue weighted by atomic mass is 10.2. The lowest BCUT2D eigenvalue weighted by Crippen LogP contribution is -2.38. The smallest absolute Gasteiger partial charge is 0.416 e. The van der Waals surface area contributed by atoms with Gasteiger partial charge >= 0.3 is 6.18 Å². The zero-order valence-corrected chi connectivity index (χ0v) is 19.1. The Hall–Kier alpha value is -1.27. The molecule has 1 atom stereocenters. The molecule has 1 rings (SSSR count). The molecule has 0 aliphatic carbocycles. The van der Waals surface area contributed by atoms with Gasteiger partial charge in [-0.25, -0.2) is 0 Å². The largest absolute Gasteiger partial charge is 0.491 e. The van der Waals surface area contributed by atoms with Gasteiger partial charge in [-0.3, -0.25) is 4.99 Å². The van der Waals surface area contributed by atoms with Crippen LogP contribution in [-0.4, -0.2) is 56.6 Å². The van der Waals surface area contributed by atoms with Crippen molar-refractivity contribution in [1.82, 2.24) is 10.6 Å². The van der Waals surface area contributed by atoms with Gasteiger partial charge in [-0.15, -0.1) is 24.0 Å². The number of hydrogen-bond donors (Lipinski definition) is 3. The Morgan fingerprint density at radius 1 is 1.14 bits per heavy atom. The number of alkyl halides is 3. The van der Waals surface area contributed by atoms with E-state index in [-0.39, 0.29) is 42.9 Å². The summed E-state index contributed by atoms with van der Waals surface area (Å²) in [5, 5.41) is 16.3. The highest BCUT2D eigenvalue weighted by Gasteiger charge is 2.30. The number of aliphatic hydroxyl groups is 1. The fourth-order valence-corrected chi connectivity index (χ4v) is 2.20. The summed E-state index contributed by atoms with van der Waals surface area (Å²) in [4.78, 5) is 4.29. The van der Waals surface area contributed by atoms with Crippen molar-refractivity contribution in [3.63, 3.8) is 0 Å². The highest BCUT2D eigenvalue weighted by Crippen LogP contribution is 2.30. The van der Waals surface area contributed by atoms with Crippen LogP contribution in [0.4, 0.5) is 13.2 Å². The molecule has 3 N–H and O–H groups in total. The molecule has 0 radical (unpaired) electrons. The van der Waals surface area contributed by atoms with E-state index < -0.39 is 17.8 Å². The van der Waals surface area contributed by atoms with Crippen molar-refractivity contribution in [3.8, 4) is 5.75 Å². The second kappa shape index (κ2) is 15.6. The van der Waals surface area contributed by atoms with Crippen LogP contribution >= 0.6 is 24.0 Å². The molecule has 0 heterocycles. The number of halogens is 4. The molecule has 0 bridgehead atoms. The average molecular weight is 533 g/mol. The predicted octanol–water partition coefficient (Wildman–Crippen LogP) is 3.43. The first kappa shape index (κ1) is 27.7. The van der Waals surface area contributed by atoms with E-state index in [0.29, 0.717) is 19.1 Å². The molecule has 0 aliphatic rings. The van der Waals surface area contributed by atoms with Gasteiger partial charge in [0.25, 0.3) is 0 Å². The molecule has 0 spiro atoms. The number of guanidine groups is 1. The molecule has 1 unspecified atom stereocenters. The van der Waals surface area contributed by atoms with Crippen LogP contribution in [0.25, 0.3) is 0 Å². The number of nitrogens with one attached hydrogen (secondary N) is 2. The summed E-state index contributed by atoms with van der Waals surface area (Å²) in [5.74, 6) is 0.850. The highest BCUT2D eigenvalue weighted by atomic mass is 127. The molecule has 6 nitrogen and oxygen atoms in total. The zero-order chi connectivity index (χ0) is 20.8. The summed E-state index contributed by atoms with van der Waals surface area (Å²) in [6, 6.07) is 4.34. The number of ether oxygens (including phenoxy) is 2. The first-order valence-corrected chi connectivity index (χ1v) is 9.44. The van der Waals surface area contributed by atoms with Crippen LogP contribution in [0.3, 0.4) is 0 Å². The summed E-state index contributed by atoms with van der Waals surface area (Å²) in [5.41, 5.74) is -0.743. The summed E-state index contributed by atoms with van der Waals surface area (Å²) < 4.78 is 48.2. The van der Waals surface area contributed by atoms with Crippen LogP contribution in [0.2, 0.25) is 0 Å². The topological polar surface area (TPSA) is 75.1 Å². The Morgan fingerprint density at radius 2 is 1.83 bits per heavy atom. The molecule has 29 heavy (non-hydrogen) atoms. The number of aliphatic hydroxyl groups excluding tert-OH is 1. The third kappa shape index (κ3) is 12.8. The quantitative estimate of drug-likeness (QED) is 0.166. The normalized spacial score (nSPS) is 12.8. The maximum atomic E-state index is 12.5. The minimum atomic E-state index is -4.38. The molecule has 1 aromatic rings. The Balaban J connectivity index is 0.00000784. The van der Waals surface area contributed by atoms with E-state index in [9.17, 15) is 18.3 Å². The molecule has 0 aromatic heterocycles. The van der Waals surface area contributed by atoms with Gasteiger partial charge in [0, 0.05) is 26.3 Å². The van der Waals surface area contributed by atoms with Crippen molar-refractivity contribution in [1.29, 1.82) is 0 Å². The summed E-state index contributed by atoms with van der Waals surface area (Å²) >= 11 is 0. The summed E-state index contributed by atoms with van der Waals surface area (Å²) in [6.07, 6.45) is -3.38. The van der Waals surface area contributed by atoms with Gasteiger partial charge in [0.05, 0.1) is 12.1 Å². The predicted molar refractivity (Wildman–Crippen MR) is 118 cm³/mol. The molecule has 168 valence electrons. The number of hydrogen-bond acceptors (Lipinski definition) is 4. The number of unbranched alkanes of at least 4 members (excludes halogenated alkanes) is 1. The zero-order valence-electron chi connectivity index (χ0n) is 16.8. The molecule has 0 saturated carbocycles. The Morgan fingerprint density at radius 3 is 2.41 bits per heavy atom. The van der Waals surface area contributed by atoms with Gasteiger partial charge in [0.15, 0.2) is 5.96 Å². The van der Waals surface area contributed by atoms with Crippen LogP contribution in [0.5, 0.6) is 5.75 Å². The van der Waals surface area contributed by atoms with Crippen molar-refractivity contribution < 1.29 is 27.8 Å². The molecular formula is C19H31F3IN3O3. The second-order valence-electron chi connectivity index (χ2n) is 6.04. The van der Waals surface area contributed by atoms with Crippen LogP contribution in [0.1, 0.15) is 32.3 Å². The molecule has 1 aromatic carbocycles. The SMILES string of the molecule is CCNC(=NCC(O)COc1ccc(C(F)(F)F)cc1)NCCCCOCC.I. The fraction of sp³-hybridized carbons (Fsp3) is 0.632. The Labute approximate surface area is 187 Å². The third-order valence-corrected chi connectivity index (χ3v) is 3.64. The van der Waals surface area contributed by atoms with Crippen LogP contribution in [0, 0.1) is 0 Å². The van der Waals surface area contributed by atoms with E-state index in [1.54, 1.807) is 0 Å². The third-order valence-electron chi connectivity index (χ3n) is 3.64. The standard InChI is InChI=1S/C19H30F3N3O3.HI/c1-3-23-18(24-11-5-6-12-27-4-2)25-13-16(26)14-28-17-9-7-15(8-10-17)19(20,21)22;/h7-10,16,26H,3-6,11-14H2,1-2H3,(H2,23,24,25);1H. The van der Waals surface area contributed by atoms with E-state index >= 15 is 0 Å². The van der Waals surface area contributed by atoms with Crippen molar-refractivity contribution in [2.75, 3.05) is 39.5 Å². The van der Waals surface area contributed by atoms with E-state index in [1.807, 2.05) is 13.8 Å². The molecule has 10 heteroatoms. The van der Waals surface area contributed by atoms with Crippen LogP contribution < -0.4 is 15.4 Å². The number of benzene rings is 1. The number of nitrogens with zero attached hydrogens (tertiary/aromatic N) is 1. The van der Waals surface area contributed by atoms with Gasteiger partial charge in [-0.1, -0.05) is 0 Å². The minimum Gasteiger partial charge on any atom is -0.491 e. The molecule has 0 aliphatic heterocycles. The van der Waals surface area contributed by atoms with Crippen LogP contribution in [0.15, 0.2) is 29.3 Å². The lowest BCUT2D eigenvalue weighted by molar-refractivity contribution is -0.137. The Bertz CT molecular complexity index is 572. The maximum absolute atomic E-state index is 12.5. The first-order chi connectivity index (χ1) is 13.4.